The van der Waals surface area contributed by atoms with Crippen molar-refractivity contribution in [1.82, 2.24) is 15.5 Å². The summed E-state index contributed by atoms with van der Waals surface area (Å²) in [5.41, 5.74) is 7.12. The zero-order valence-corrected chi connectivity index (χ0v) is 21.9. The van der Waals surface area contributed by atoms with Gasteiger partial charge in [-0.25, -0.2) is 4.79 Å². The summed E-state index contributed by atoms with van der Waals surface area (Å²) >= 11 is 3.02. The molecule has 35 heavy (non-hydrogen) atoms. The molecule has 0 saturated carbocycles. The lowest BCUT2D eigenvalue weighted by Gasteiger charge is -2.28. The number of nitrogens with zero attached hydrogens (tertiary/aromatic N) is 1. The zero-order chi connectivity index (χ0) is 25.8. The Labute approximate surface area is 215 Å². The Balaban J connectivity index is 2.05. The fraction of sp³-hybridized carbons (Fsp3) is 0.583. The maximum absolute atomic E-state index is 13.2. The molecule has 1 aromatic carbocycles. The molecule has 2 rings (SSSR count). The molecule has 4 atom stereocenters. The molecule has 4 unspecified atom stereocenters. The number of hydrogen-bond donors (Lipinski definition) is 4. The lowest BCUT2D eigenvalue weighted by molar-refractivity contribution is -0.143. The van der Waals surface area contributed by atoms with E-state index >= 15 is 0 Å². The van der Waals surface area contributed by atoms with E-state index in [4.69, 9.17) is 5.73 Å². The summed E-state index contributed by atoms with van der Waals surface area (Å²) in [5.74, 6) is -1.16. The van der Waals surface area contributed by atoms with E-state index in [1.165, 1.54) is 28.4 Å². The largest absolute Gasteiger partial charge is 0.480 e. The van der Waals surface area contributed by atoms with Crippen LogP contribution in [-0.4, -0.2) is 88.4 Å². The highest BCUT2D eigenvalue weighted by molar-refractivity contribution is 7.98. The molecule has 5 N–H and O–H groups in total. The number of nitrogens with one attached hydrogen (secondary N) is 2. The Kier molecular flexibility index (Phi) is 12.4. The molecule has 1 aliphatic heterocycles. The predicted molar refractivity (Wildman–Crippen MR) is 140 cm³/mol. The molecule has 9 nitrogen and oxygen atoms in total. The molecular weight excluding hydrogens is 488 g/mol. The van der Waals surface area contributed by atoms with Gasteiger partial charge in [-0.1, -0.05) is 30.3 Å². The Morgan fingerprint density at radius 1 is 1.06 bits per heavy atom. The van der Waals surface area contributed by atoms with Crippen LogP contribution >= 0.6 is 23.5 Å². The Hall–Kier alpha value is -2.24. The van der Waals surface area contributed by atoms with Crippen molar-refractivity contribution in [2.24, 2.45) is 5.73 Å². The van der Waals surface area contributed by atoms with Crippen LogP contribution in [0.15, 0.2) is 30.3 Å². The van der Waals surface area contributed by atoms with Crippen molar-refractivity contribution in [3.05, 3.63) is 35.9 Å². The zero-order valence-electron chi connectivity index (χ0n) is 20.3. The van der Waals surface area contributed by atoms with Gasteiger partial charge in [0.15, 0.2) is 0 Å². The van der Waals surface area contributed by atoms with E-state index in [2.05, 4.69) is 10.6 Å². The van der Waals surface area contributed by atoms with E-state index in [0.29, 0.717) is 43.7 Å². The summed E-state index contributed by atoms with van der Waals surface area (Å²) in [5, 5.41) is 14.8. The highest BCUT2D eigenvalue weighted by Crippen LogP contribution is 2.20. The highest BCUT2D eigenvalue weighted by atomic mass is 32.2. The molecule has 1 aliphatic rings. The molecule has 1 saturated heterocycles. The van der Waals surface area contributed by atoms with Gasteiger partial charge >= 0.3 is 5.97 Å². The van der Waals surface area contributed by atoms with Gasteiger partial charge in [0.1, 0.15) is 18.1 Å². The number of thioether (sulfide) groups is 2. The summed E-state index contributed by atoms with van der Waals surface area (Å²) in [4.78, 5) is 52.2. The molecular formula is C24H36N4O5S2. The number of hydrogen-bond acceptors (Lipinski definition) is 7. The first-order valence-electron chi connectivity index (χ1n) is 11.7. The molecule has 194 valence electrons. The third-order valence-corrected chi connectivity index (χ3v) is 7.21. The number of nitrogens with two attached hydrogens (primary N) is 1. The van der Waals surface area contributed by atoms with Crippen molar-refractivity contribution in [3.63, 3.8) is 0 Å². The van der Waals surface area contributed by atoms with Crippen LogP contribution in [0.5, 0.6) is 0 Å². The van der Waals surface area contributed by atoms with Gasteiger partial charge in [-0.3, -0.25) is 14.4 Å². The van der Waals surface area contributed by atoms with Gasteiger partial charge < -0.3 is 26.4 Å². The smallest absolute Gasteiger partial charge is 0.326 e. The molecule has 0 bridgehead atoms. The van der Waals surface area contributed by atoms with Crippen molar-refractivity contribution >= 4 is 47.2 Å². The molecule has 1 heterocycles. The molecule has 1 fully saturated rings. The predicted octanol–water partition coefficient (Wildman–Crippen LogP) is 1.11. The normalized spacial score (nSPS) is 17.9. The van der Waals surface area contributed by atoms with Crippen molar-refractivity contribution < 1.29 is 24.3 Å². The van der Waals surface area contributed by atoms with Crippen molar-refractivity contribution in [2.45, 2.75) is 56.3 Å². The van der Waals surface area contributed by atoms with Crippen LogP contribution in [0.25, 0.3) is 0 Å². The summed E-state index contributed by atoms with van der Waals surface area (Å²) in [7, 11) is 0. The molecule has 0 radical (unpaired) electrons. The molecule has 3 amide bonds. The number of aliphatic carboxylic acids is 1. The minimum absolute atomic E-state index is 0.287. The lowest BCUT2D eigenvalue weighted by Crippen LogP contribution is -2.57. The van der Waals surface area contributed by atoms with Gasteiger partial charge in [-0.05, 0) is 61.7 Å². The monoisotopic (exact) mass is 524 g/mol. The summed E-state index contributed by atoms with van der Waals surface area (Å²) < 4.78 is 0. The van der Waals surface area contributed by atoms with E-state index < -0.39 is 42.0 Å². The van der Waals surface area contributed by atoms with E-state index in [1.807, 2.05) is 42.8 Å². The van der Waals surface area contributed by atoms with Crippen LogP contribution in [0, 0.1) is 0 Å². The number of carboxylic acids is 1. The van der Waals surface area contributed by atoms with Crippen LogP contribution in [-0.2, 0) is 25.6 Å². The average molecular weight is 525 g/mol. The summed E-state index contributed by atoms with van der Waals surface area (Å²) in [6, 6.07) is 6.08. The molecule has 0 aliphatic carbocycles. The Morgan fingerprint density at radius 2 is 1.69 bits per heavy atom. The fourth-order valence-corrected chi connectivity index (χ4v) is 4.95. The SMILES string of the molecule is CSCCC(NC(=O)C(CCSC)NC(=O)C1CCCN1C(=O)C(N)Cc1ccccc1)C(=O)O. The maximum Gasteiger partial charge on any atom is 0.326 e. The number of benzene rings is 1. The second kappa shape index (κ2) is 15.0. The maximum atomic E-state index is 13.2. The van der Waals surface area contributed by atoms with Gasteiger partial charge in [0.25, 0.3) is 0 Å². The van der Waals surface area contributed by atoms with Crippen molar-refractivity contribution in [3.8, 4) is 0 Å². The van der Waals surface area contributed by atoms with Crippen LogP contribution in [0.4, 0.5) is 0 Å². The minimum Gasteiger partial charge on any atom is -0.480 e. The number of carboxylic acid groups (broad SMARTS) is 1. The third kappa shape index (κ3) is 9.05. The van der Waals surface area contributed by atoms with E-state index in [0.717, 1.165) is 5.56 Å². The van der Waals surface area contributed by atoms with Crippen LogP contribution in [0.1, 0.15) is 31.2 Å². The van der Waals surface area contributed by atoms with Crippen LogP contribution < -0.4 is 16.4 Å². The molecule has 11 heteroatoms. The standard InChI is InChI=1S/C24H36N4O5S2/c1-34-13-10-18(21(29)27-19(24(32)33)11-14-35-2)26-22(30)20-9-6-12-28(20)23(31)17(25)15-16-7-4-3-5-8-16/h3-5,7-8,17-20H,6,9-15,25H2,1-2H3,(H,26,30)(H,27,29)(H,32,33). The number of carbonyl (C=O) groups is 4. The Bertz CT molecular complexity index is 858. The lowest BCUT2D eigenvalue weighted by atomic mass is 10.0. The quantitative estimate of drug-likeness (QED) is 0.284. The first-order chi connectivity index (χ1) is 16.8. The van der Waals surface area contributed by atoms with Gasteiger partial charge in [0, 0.05) is 6.54 Å². The minimum atomic E-state index is -1.11. The fourth-order valence-electron chi connectivity index (χ4n) is 4.01. The average Bonchev–Trinajstić information content (AvgIpc) is 3.34. The first kappa shape index (κ1) is 29.0. The van der Waals surface area contributed by atoms with E-state index in [9.17, 15) is 24.3 Å². The van der Waals surface area contributed by atoms with Gasteiger partial charge in [0.05, 0.1) is 6.04 Å². The van der Waals surface area contributed by atoms with Crippen molar-refractivity contribution in [1.29, 1.82) is 0 Å². The van der Waals surface area contributed by atoms with Gasteiger partial charge in [0.2, 0.25) is 17.7 Å². The molecule has 0 aromatic heterocycles. The van der Waals surface area contributed by atoms with Crippen LogP contribution in [0.2, 0.25) is 0 Å². The number of amides is 3. The molecule has 1 aromatic rings. The summed E-state index contributed by atoms with van der Waals surface area (Å²) in [6.45, 7) is 0.427. The van der Waals surface area contributed by atoms with E-state index in [-0.39, 0.29) is 12.3 Å². The van der Waals surface area contributed by atoms with Gasteiger partial charge in [-0.15, -0.1) is 0 Å². The number of rotatable bonds is 14. The van der Waals surface area contributed by atoms with Gasteiger partial charge in [-0.2, -0.15) is 23.5 Å². The third-order valence-electron chi connectivity index (χ3n) is 5.92. The topological polar surface area (TPSA) is 142 Å². The Morgan fingerprint density at radius 3 is 2.29 bits per heavy atom. The second-order valence-corrected chi connectivity index (χ2v) is 10.5. The second-order valence-electron chi connectivity index (χ2n) is 8.51. The van der Waals surface area contributed by atoms with Crippen LogP contribution in [0.3, 0.4) is 0 Å². The number of carbonyl (C=O) groups excluding carboxylic acids is 3. The van der Waals surface area contributed by atoms with Crippen molar-refractivity contribution in [2.75, 3.05) is 30.6 Å². The molecule has 0 spiro atoms. The first-order valence-corrected chi connectivity index (χ1v) is 14.5. The number of likely N-dealkylation sites (tertiary alicyclic amines) is 1. The van der Waals surface area contributed by atoms with E-state index in [1.54, 1.807) is 0 Å². The summed E-state index contributed by atoms with van der Waals surface area (Å²) in [6.07, 6.45) is 5.91. The highest BCUT2D eigenvalue weighted by Gasteiger charge is 2.37.